The third kappa shape index (κ3) is 3.54. The molecule has 3 aromatic rings. The van der Waals surface area contributed by atoms with Crippen molar-refractivity contribution in [2.75, 3.05) is 0 Å². The van der Waals surface area contributed by atoms with Gasteiger partial charge in [-0.1, -0.05) is 82.8 Å². The molecule has 3 N–H and O–H groups in total. The normalized spacial score (nSPS) is 13.8. The minimum Gasteiger partial charge on any atom is -0.506 e. The Morgan fingerprint density at radius 2 is 1.38 bits per heavy atom. The van der Waals surface area contributed by atoms with Crippen molar-refractivity contribution in [3.05, 3.63) is 91.4 Å². The van der Waals surface area contributed by atoms with Gasteiger partial charge in [-0.3, -0.25) is 4.55 Å². The predicted molar refractivity (Wildman–Crippen MR) is 114 cm³/mol. The highest BCUT2D eigenvalue weighted by atomic mass is 35.5. The first kappa shape index (κ1) is 22.0. The minimum atomic E-state index is -5.08. The van der Waals surface area contributed by atoms with Crippen LogP contribution < -0.4 is 0 Å². The summed E-state index contributed by atoms with van der Waals surface area (Å²) in [5, 5.41) is 19.8. The van der Waals surface area contributed by atoms with Crippen LogP contribution in [0.4, 0.5) is 0 Å². The van der Waals surface area contributed by atoms with Gasteiger partial charge in [0.2, 0.25) is 0 Å². The quantitative estimate of drug-likeness (QED) is 0.311. The van der Waals surface area contributed by atoms with Crippen molar-refractivity contribution >= 4 is 56.5 Å². The minimum absolute atomic E-state index is 0.00797. The van der Waals surface area contributed by atoms with Gasteiger partial charge in [0, 0.05) is 11.6 Å². The van der Waals surface area contributed by atoms with Gasteiger partial charge in [-0.15, -0.1) is 0 Å². The summed E-state index contributed by atoms with van der Waals surface area (Å²) >= 11 is 24.3. The Bertz CT molecular complexity index is 1200. The van der Waals surface area contributed by atoms with Crippen molar-refractivity contribution in [1.82, 2.24) is 0 Å². The molecule has 3 aromatic carbocycles. The van der Waals surface area contributed by atoms with E-state index >= 15 is 0 Å². The molecule has 1 atom stereocenters. The molecule has 1 unspecified atom stereocenters. The van der Waals surface area contributed by atoms with Crippen molar-refractivity contribution in [2.45, 2.75) is 4.75 Å². The van der Waals surface area contributed by atoms with E-state index in [0.717, 1.165) is 6.07 Å². The van der Waals surface area contributed by atoms with Crippen LogP contribution in [0.25, 0.3) is 0 Å². The van der Waals surface area contributed by atoms with E-state index in [9.17, 15) is 23.2 Å². The highest BCUT2D eigenvalue weighted by molar-refractivity contribution is 7.87. The maximum absolute atomic E-state index is 13.0. The molecule has 0 aromatic heterocycles. The second-order valence-corrected chi connectivity index (χ2v) is 9.23. The summed E-state index contributed by atoms with van der Waals surface area (Å²) in [7, 11) is -5.08. The number of hydrogen-bond donors (Lipinski definition) is 3. The van der Waals surface area contributed by atoms with Crippen LogP contribution in [0.2, 0.25) is 20.1 Å². The molecule has 29 heavy (non-hydrogen) atoms. The van der Waals surface area contributed by atoms with Gasteiger partial charge < -0.3 is 10.2 Å². The SMILES string of the molecule is O=S(=O)(O)C(c1ccccc1)(c1ccc(Cl)c(Cl)c1)c1c(Cl)cc(O)c(Cl)c1O. The maximum atomic E-state index is 13.0. The number of phenols is 2. The van der Waals surface area contributed by atoms with E-state index in [1.807, 2.05) is 0 Å². The van der Waals surface area contributed by atoms with Crippen LogP contribution in [-0.2, 0) is 14.9 Å². The molecular weight excluding hydrogens is 482 g/mol. The molecule has 0 heterocycles. The summed E-state index contributed by atoms with van der Waals surface area (Å²) in [5.74, 6) is -1.38. The van der Waals surface area contributed by atoms with Crippen molar-refractivity contribution in [2.24, 2.45) is 0 Å². The molecule has 0 spiro atoms. The Morgan fingerprint density at radius 1 is 0.759 bits per heavy atom. The van der Waals surface area contributed by atoms with Gasteiger partial charge in [-0.2, -0.15) is 8.42 Å². The van der Waals surface area contributed by atoms with Gasteiger partial charge >= 0.3 is 0 Å². The lowest BCUT2D eigenvalue weighted by Gasteiger charge is -2.34. The molecule has 0 fully saturated rings. The second kappa shape index (κ2) is 7.87. The van der Waals surface area contributed by atoms with Crippen molar-refractivity contribution in [3.63, 3.8) is 0 Å². The third-order valence-corrected chi connectivity index (χ3v) is 7.28. The molecule has 0 saturated heterocycles. The Kier molecular flexibility index (Phi) is 5.98. The summed E-state index contributed by atoms with van der Waals surface area (Å²) in [6.45, 7) is 0. The molecule has 152 valence electrons. The fraction of sp³-hybridized carbons (Fsp3) is 0.0526. The molecule has 0 aliphatic rings. The number of benzene rings is 3. The largest absolute Gasteiger partial charge is 0.506 e. The Labute approximate surface area is 186 Å². The van der Waals surface area contributed by atoms with Gasteiger partial charge in [0.1, 0.15) is 16.5 Å². The number of rotatable bonds is 4. The highest BCUT2D eigenvalue weighted by Crippen LogP contribution is 2.53. The van der Waals surface area contributed by atoms with Crippen LogP contribution in [0.15, 0.2) is 54.6 Å². The van der Waals surface area contributed by atoms with E-state index in [4.69, 9.17) is 46.4 Å². The van der Waals surface area contributed by atoms with Crippen LogP contribution in [0.1, 0.15) is 16.7 Å². The molecule has 0 amide bonds. The first-order valence-electron chi connectivity index (χ1n) is 7.90. The number of aromatic hydroxyl groups is 2. The van der Waals surface area contributed by atoms with Crippen LogP contribution >= 0.6 is 46.4 Å². The molecule has 3 rings (SSSR count). The average Bonchev–Trinajstić information content (AvgIpc) is 2.65. The molecule has 0 radical (unpaired) electrons. The van der Waals surface area contributed by atoms with Crippen LogP contribution in [0.3, 0.4) is 0 Å². The van der Waals surface area contributed by atoms with Gasteiger partial charge in [0.05, 0.1) is 15.1 Å². The number of phenolic OH excluding ortho intramolecular Hbond substituents is 2. The van der Waals surface area contributed by atoms with Gasteiger partial charge in [-0.05, 0) is 23.3 Å². The summed E-state index contributed by atoms with van der Waals surface area (Å²) < 4.78 is 34.0. The van der Waals surface area contributed by atoms with E-state index in [-0.39, 0.29) is 26.2 Å². The van der Waals surface area contributed by atoms with E-state index < -0.39 is 37.0 Å². The molecule has 0 aliphatic heterocycles. The Balaban J connectivity index is 2.62. The lowest BCUT2D eigenvalue weighted by Crippen LogP contribution is -2.38. The summed E-state index contributed by atoms with van der Waals surface area (Å²) in [5.41, 5.74) is -0.464. The molecule has 5 nitrogen and oxygen atoms in total. The average molecular weight is 494 g/mol. The van der Waals surface area contributed by atoms with Crippen molar-refractivity contribution in [3.8, 4) is 11.5 Å². The monoisotopic (exact) mass is 492 g/mol. The third-order valence-electron chi connectivity index (χ3n) is 4.42. The number of halogens is 4. The summed E-state index contributed by atoms with van der Waals surface area (Å²) in [4.78, 5) is 0. The zero-order chi connectivity index (χ0) is 21.6. The van der Waals surface area contributed by atoms with Gasteiger partial charge in [0.15, 0.2) is 4.75 Å². The number of hydrogen-bond acceptors (Lipinski definition) is 4. The highest BCUT2D eigenvalue weighted by Gasteiger charge is 2.52. The maximum Gasteiger partial charge on any atom is 0.283 e. The molecule has 0 bridgehead atoms. The zero-order valence-electron chi connectivity index (χ0n) is 14.3. The van der Waals surface area contributed by atoms with Crippen LogP contribution in [0.5, 0.6) is 11.5 Å². The Morgan fingerprint density at radius 3 is 1.93 bits per heavy atom. The van der Waals surface area contributed by atoms with Crippen molar-refractivity contribution in [1.29, 1.82) is 0 Å². The second-order valence-electron chi connectivity index (χ2n) is 6.07. The first-order valence-corrected chi connectivity index (χ1v) is 10.9. The van der Waals surface area contributed by atoms with Gasteiger partial charge in [-0.25, -0.2) is 0 Å². The van der Waals surface area contributed by atoms with E-state index in [2.05, 4.69) is 0 Å². The van der Waals surface area contributed by atoms with E-state index in [0.29, 0.717) is 0 Å². The predicted octanol–water partition coefficient (Wildman–Crippen LogP) is 5.89. The zero-order valence-corrected chi connectivity index (χ0v) is 18.1. The topological polar surface area (TPSA) is 94.8 Å². The first-order chi connectivity index (χ1) is 13.5. The van der Waals surface area contributed by atoms with Crippen LogP contribution in [0, 0.1) is 0 Å². The lowest BCUT2D eigenvalue weighted by molar-refractivity contribution is 0.431. The Hall–Kier alpha value is -1.67. The molecule has 0 saturated carbocycles. The van der Waals surface area contributed by atoms with Gasteiger partial charge in [0.25, 0.3) is 10.1 Å². The molecular formula is C19H12Cl4O5S. The van der Waals surface area contributed by atoms with E-state index in [1.165, 1.54) is 30.3 Å². The van der Waals surface area contributed by atoms with Crippen LogP contribution in [-0.4, -0.2) is 23.2 Å². The molecule has 10 heteroatoms. The molecule has 0 aliphatic carbocycles. The standard InChI is InChI=1S/C19H12Cl4O5S/c20-12-7-6-11(8-13(12)21)19(29(26,27)28,10-4-2-1-3-5-10)16-14(22)9-15(24)17(23)18(16)25/h1-9,24-25H,(H,26,27,28). The van der Waals surface area contributed by atoms with E-state index in [1.54, 1.807) is 18.2 Å². The smallest absolute Gasteiger partial charge is 0.283 e. The summed E-state index contributed by atoms with van der Waals surface area (Å²) in [6.07, 6.45) is 0. The fourth-order valence-corrected chi connectivity index (χ4v) is 5.37. The summed E-state index contributed by atoms with van der Waals surface area (Å²) in [6, 6.07) is 12.4. The lowest BCUT2D eigenvalue weighted by atomic mass is 9.83. The fourth-order valence-electron chi connectivity index (χ4n) is 3.20. The van der Waals surface area contributed by atoms with Crippen molar-refractivity contribution < 1.29 is 23.2 Å².